The molecule has 2 atom stereocenters. The van der Waals surface area contributed by atoms with E-state index in [-0.39, 0.29) is 6.04 Å². The second kappa shape index (κ2) is 8.53. The number of carboxylic acid groups (broad SMARTS) is 1. The summed E-state index contributed by atoms with van der Waals surface area (Å²) in [4.78, 5) is 15.5. The molecule has 5 nitrogen and oxygen atoms in total. The number of carboxylic acids is 1. The van der Waals surface area contributed by atoms with Gasteiger partial charge in [0.25, 0.3) is 0 Å². The highest BCUT2D eigenvalue weighted by Crippen LogP contribution is 2.09. The highest BCUT2D eigenvalue weighted by Gasteiger charge is 2.19. The average Bonchev–Trinajstić information content (AvgIpc) is 2.43. The van der Waals surface area contributed by atoms with E-state index in [0.29, 0.717) is 18.7 Å². The largest absolute Gasteiger partial charge is 0.481 e. The molecule has 0 bridgehead atoms. The van der Waals surface area contributed by atoms with E-state index in [1.165, 1.54) is 0 Å². The van der Waals surface area contributed by atoms with Crippen molar-refractivity contribution in [2.75, 3.05) is 7.11 Å². The molecule has 112 valence electrons. The Morgan fingerprint density at radius 1 is 1.50 bits per heavy atom. The van der Waals surface area contributed by atoms with Gasteiger partial charge in [0.05, 0.1) is 7.11 Å². The molecule has 2 N–H and O–H groups in total. The van der Waals surface area contributed by atoms with E-state index in [1.807, 2.05) is 19.1 Å². The molecule has 2 unspecified atom stereocenters. The van der Waals surface area contributed by atoms with Crippen molar-refractivity contribution in [3.8, 4) is 5.88 Å². The van der Waals surface area contributed by atoms with E-state index in [2.05, 4.69) is 17.2 Å². The van der Waals surface area contributed by atoms with Gasteiger partial charge in [-0.15, -0.1) is 0 Å². The number of hydrogen-bond acceptors (Lipinski definition) is 4. The molecule has 0 radical (unpaired) electrons. The maximum absolute atomic E-state index is 11.2. The van der Waals surface area contributed by atoms with Crippen LogP contribution in [0.1, 0.15) is 38.8 Å². The SMILES string of the molecule is CCCCC(NC(C)Cc1cccc(OC)n1)C(=O)O. The number of nitrogens with one attached hydrogen (secondary N) is 1. The van der Waals surface area contributed by atoms with Crippen LogP contribution in [-0.2, 0) is 11.2 Å². The lowest BCUT2D eigenvalue weighted by Gasteiger charge is -2.20. The van der Waals surface area contributed by atoms with Gasteiger partial charge in [0, 0.05) is 24.2 Å². The van der Waals surface area contributed by atoms with Crippen LogP contribution in [0.15, 0.2) is 18.2 Å². The first kappa shape index (κ1) is 16.4. The second-order valence-electron chi connectivity index (χ2n) is 4.98. The number of nitrogens with zero attached hydrogens (tertiary/aromatic N) is 1. The normalized spacial score (nSPS) is 13.8. The van der Waals surface area contributed by atoms with Crippen LogP contribution in [0.4, 0.5) is 0 Å². The van der Waals surface area contributed by atoms with Crippen molar-refractivity contribution in [1.82, 2.24) is 10.3 Å². The summed E-state index contributed by atoms with van der Waals surface area (Å²) in [6, 6.07) is 5.16. The minimum Gasteiger partial charge on any atom is -0.481 e. The number of aromatic nitrogens is 1. The highest BCUT2D eigenvalue weighted by molar-refractivity contribution is 5.73. The molecule has 0 aromatic carbocycles. The van der Waals surface area contributed by atoms with Gasteiger partial charge >= 0.3 is 5.97 Å². The molecule has 5 heteroatoms. The fraction of sp³-hybridized carbons (Fsp3) is 0.600. The molecule has 1 rings (SSSR count). The molecule has 0 aliphatic rings. The van der Waals surface area contributed by atoms with Gasteiger partial charge in [-0.2, -0.15) is 0 Å². The Kier molecular flexibility index (Phi) is 7.01. The molecule has 1 aromatic rings. The van der Waals surface area contributed by atoms with Crippen LogP contribution in [0.2, 0.25) is 0 Å². The first-order chi connectivity index (χ1) is 9.56. The van der Waals surface area contributed by atoms with Gasteiger partial charge < -0.3 is 15.2 Å². The maximum atomic E-state index is 11.2. The van der Waals surface area contributed by atoms with Gasteiger partial charge in [0.1, 0.15) is 6.04 Å². The van der Waals surface area contributed by atoms with E-state index in [1.54, 1.807) is 13.2 Å². The lowest BCUT2D eigenvalue weighted by atomic mass is 10.1. The molecule has 20 heavy (non-hydrogen) atoms. The number of unbranched alkanes of at least 4 members (excludes halogenated alkanes) is 1. The van der Waals surface area contributed by atoms with Gasteiger partial charge in [0.2, 0.25) is 5.88 Å². The van der Waals surface area contributed by atoms with E-state index in [4.69, 9.17) is 4.74 Å². The minimum atomic E-state index is -0.788. The standard InChI is InChI=1S/C15H24N2O3/c1-4-5-8-13(15(18)19)16-11(2)10-12-7-6-9-14(17-12)20-3/h6-7,9,11,13,16H,4-5,8,10H2,1-3H3,(H,18,19). The molecule has 0 amide bonds. The second-order valence-corrected chi connectivity index (χ2v) is 4.98. The number of carbonyl (C=O) groups is 1. The fourth-order valence-electron chi connectivity index (χ4n) is 2.09. The third kappa shape index (κ3) is 5.57. The average molecular weight is 280 g/mol. The van der Waals surface area contributed by atoms with Gasteiger partial charge in [-0.1, -0.05) is 25.8 Å². The summed E-state index contributed by atoms with van der Waals surface area (Å²) in [7, 11) is 1.58. The van der Waals surface area contributed by atoms with Crippen molar-refractivity contribution in [2.24, 2.45) is 0 Å². The predicted octanol–water partition coefficient (Wildman–Crippen LogP) is 2.25. The van der Waals surface area contributed by atoms with Gasteiger partial charge in [-0.25, -0.2) is 4.98 Å². The first-order valence-electron chi connectivity index (χ1n) is 7.05. The van der Waals surface area contributed by atoms with Crippen molar-refractivity contribution < 1.29 is 14.6 Å². The number of methoxy groups -OCH3 is 1. The molecule has 0 saturated carbocycles. The van der Waals surface area contributed by atoms with Crippen LogP contribution >= 0.6 is 0 Å². The Morgan fingerprint density at radius 2 is 2.25 bits per heavy atom. The molecular weight excluding hydrogens is 256 g/mol. The predicted molar refractivity (Wildman–Crippen MR) is 78.0 cm³/mol. The number of hydrogen-bond donors (Lipinski definition) is 2. The zero-order valence-corrected chi connectivity index (χ0v) is 12.4. The van der Waals surface area contributed by atoms with E-state index in [0.717, 1.165) is 18.5 Å². The number of rotatable bonds is 9. The smallest absolute Gasteiger partial charge is 0.320 e. The lowest BCUT2D eigenvalue weighted by molar-refractivity contribution is -0.139. The quantitative estimate of drug-likeness (QED) is 0.726. The minimum absolute atomic E-state index is 0.0487. The highest BCUT2D eigenvalue weighted by atomic mass is 16.5. The van der Waals surface area contributed by atoms with E-state index in [9.17, 15) is 9.90 Å². The maximum Gasteiger partial charge on any atom is 0.320 e. The monoisotopic (exact) mass is 280 g/mol. The van der Waals surface area contributed by atoms with Gasteiger partial charge in [-0.3, -0.25) is 4.79 Å². The third-order valence-electron chi connectivity index (χ3n) is 3.14. The van der Waals surface area contributed by atoms with E-state index < -0.39 is 12.0 Å². The van der Waals surface area contributed by atoms with Gasteiger partial charge in [-0.05, 0) is 19.4 Å². The van der Waals surface area contributed by atoms with Crippen LogP contribution in [0, 0.1) is 0 Å². The Morgan fingerprint density at radius 3 is 2.85 bits per heavy atom. The van der Waals surface area contributed by atoms with Crippen LogP contribution in [0.3, 0.4) is 0 Å². The zero-order chi connectivity index (χ0) is 15.0. The summed E-state index contributed by atoms with van der Waals surface area (Å²) in [5, 5.41) is 12.4. The molecule has 1 aromatic heterocycles. The molecule has 0 saturated heterocycles. The Labute approximate surface area is 120 Å². The van der Waals surface area contributed by atoms with E-state index >= 15 is 0 Å². The summed E-state index contributed by atoms with van der Waals surface area (Å²) in [6.07, 6.45) is 3.24. The summed E-state index contributed by atoms with van der Waals surface area (Å²) in [6.45, 7) is 4.03. The number of pyridine rings is 1. The summed E-state index contributed by atoms with van der Waals surface area (Å²) >= 11 is 0. The summed E-state index contributed by atoms with van der Waals surface area (Å²) < 4.78 is 5.08. The summed E-state index contributed by atoms with van der Waals surface area (Å²) in [5.41, 5.74) is 0.893. The topological polar surface area (TPSA) is 71.5 Å². The number of aliphatic carboxylic acids is 1. The van der Waals surface area contributed by atoms with Crippen LogP contribution in [0.25, 0.3) is 0 Å². The summed E-state index contributed by atoms with van der Waals surface area (Å²) in [5.74, 6) is -0.209. The lowest BCUT2D eigenvalue weighted by Crippen LogP contribution is -2.43. The van der Waals surface area contributed by atoms with Crippen LogP contribution < -0.4 is 10.1 Å². The molecule has 0 spiro atoms. The van der Waals surface area contributed by atoms with Crippen molar-refractivity contribution in [2.45, 2.75) is 51.6 Å². The zero-order valence-electron chi connectivity index (χ0n) is 12.4. The molecule has 0 fully saturated rings. The van der Waals surface area contributed by atoms with Crippen LogP contribution in [-0.4, -0.2) is 35.3 Å². The Bertz CT molecular complexity index is 423. The first-order valence-corrected chi connectivity index (χ1v) is 7.05. The molecule has 1 heterocycles. The van der Waals surface area contributed by atoms with Crippen molar-refractivity contribution in [1.29, 1.82) is 0 Å². The Hall–Kier alpha value is -1.62. The molecular formula is C15H24N2O3. The fourth-order valence-corrected chi connectivity index (χ4v) is 2.09. The number of ether oxygens (including phenoxy) is 1. The van der Waals surface area contributed by atoms with Crippen molar-refractivity contribution in [3.63, 3.8) is 0 Å². The van der Waals surface area contributed by atoms with Crippen molar-refractivity contribution >= 4 is 5.97 Å². The third-order valence-corrected chi connectivity index (χ3v) is 3.14. The Balaban J connectivity index is 2.55. The molecule has 0 aliphatic carbocycles. The van der Waals surface area contributed by atoms with Gasteiger partial charge in [0.15, 0.2) is 0 Å². The van der Waals surface area contributed by atoms with Crippen molar-refractivity contribution in [3.05, 3.63) is 23.9 Å². The molecule has 0 aliphatic heterocycles. The van der Waals surface area contributed by atoms with Crippen LogP contribution in [0.5, 0.6) is 5.88 Å².